The van der Waals surface area contributed by atoms with E-state index in [2.05, 4.69) is 5.32 Å². The van der Waals surface area contributed by atoms with Gasteiger partial charge in [0, 0.05) is 12.7 Å². The van der Waals surface area contributed by atoms with Crippen molar-refractivity contribution in [3.05, 3.63) is 28.8 Å². The molecule has 2 aliphatic rings. The number of benzene rings is 1. The van der Waals surface area contributed by atoms with E-state index in [1.165, 1.54) is 0 Å². The van der Waals surface area contributed by atoms with E-state index in [-0.39, 0.29) is 17.9 Å². The lowest BCUT2D eigenvalue weighted by Gasteiger charge is -2.40. The first kappa shape index (κ1) is 21.8. The fourth-order valence-electron chi connectivity index (χ4n) is 3.69. The summed E-state index contributed by atoms with van der Waals surface area (Å²) >= 11 is 0. The van der Waals surface area contributed by atoms with E-state index in [0.29, 0.717) is 43.0 Å². The number of carbonyl (C=O) groups excluding carboxylic acids is 2. The van der Waals surface area contributed by atoms with Crippen LogP contribution in [0.5, 0.6) is 0 Å². The Kier molecular flexibility index (Phi) is 6.63. The van der Waals surface area contributed by atoms with Crippen molar-refractivity contribution in [3.8, 4) is 0 Å². The third-order valence-electron chi connectivity index (χ3n) is 5.49. The molecule has 1 saturated heterocycles. The number of rotatable bonds is 8. The summed E-state index contributed by atoms with van der Waals surface area (Å²) in [7, 11) is 0.560. The van der Waals surface area contributed by atoms with Gasteiger partial charge in [0.1, 0.15) is 12.6 Å². The Bertz CT molecular complexity index is 778. The predicted molar refractivity (Wildman–Crippen MR) is 106 cm³/mol. The lowest BCUT2D eigenvalue weighted by Crippen LogP contribution is -2.52. The maximum Gasteiger partial charge on any atom is 0.492 e. The molecule has 1 atom stereocenters. The van der Waals surface area contributed by atoms with Crippen molar-refractivity contribution in [3.63, 3.8) is 0 Å². The predicted octanol–water partition coefficient (Wildman–Crippen LogP) is 0.173. The smallest absolute Gasteiger partial charge is 0.463 e. The second kappa shape index (κ2) is 8.83. The van der Waals surface area contributed by atoms with Crippen molar-refractivity contribution < 1.29 is 33.5 Å². The van der Waals surface area contributed by atoms with Crippen molar-refractivity contribution in [2.24, 2.45) is 11.3 Å². The number of methoxy groups -OCH3 is 1. The largest absolute Gasteiger partial charge is 0.492 e. The van der Waals surface area contributed by atoms with Crippen LogP contribution in [-0.4, -0.2) is 63.6 Å². The van der Waals surface area contributed by atoms with Crippen LogP contribution in [0.2, 0.25) is 0 Å². The first-order valence-corrected chi connectivity index (χ1v) is 9.74. The first-order chi connectivity index (χ1) is 13.8. The Morgan fingerprint density at radius 1 is 1.31 bits per heavy atom. The Labute approximate surface area is 171 Å². The maximum atomic E-state index is 12.9. The number of fused-ring (bicyclic) bond motifs is 1. The van der Waals surface area contributed by atoms with Gasteiger partial charge in [0.2, 0.25) is 0 Å². The maximum absolute atomic E-state index is 12.9. The highest BCUT2D eigenvalue weighted by Crippen LogP contribution is 2.28. The van der Waals surface area contributed by atoms with Gasteiger partial charge in [-0.25, -0.2) is 4.79 Å². The zero-order valence-corrected chi connectivity index (χ0v) is 17.3. The summed E-state index contributed by atoms with van der Waals surface area (Å²) in [5, 5.41) is 12.8. The normalized spacial score (nSPS) is 18.2. The molecule has 0 aromatic heterocycles. The minimum atomic E-state index is -1.04. The van der Waals surface area contributed by atoms with Crippen LogP contribution in [0.1, 0.15) is 35.3 Å². The number of esters is 1. The van der Waals surface area contributed by atoms with Gasteiger partial charge in [-0.05, 0) is 35.5 Å². The van der Waals surface area contributed by atoms with Crippen LogP contribution in [0.15, 0.2) is 12.1 Å². The van der Waals surface area contributed by atoms with E-state index in [4.69, 9.17) is 18.9 Å². The SMILES string of the molecule is COCC1(COC(=O)[C@@H](NC(=O)c2ccc3c(c2C)B(O)OC3)C(C)C)COC1. The number of ether oxygens (including phenoxy) is 3. The molecule has 29 heavy (non-hydrogen) atoms. The lowest BCUT2D eigenvalue weighted by molar-refractivity contribution is -0.184. The molecule has 0 aliphatic carbocycles. The molecule has 1 aromatic carbocycles. The van der Waals surface area contributed by atoms with Gasteiger partial charge in [-0.2, -0.15) is 0 Å². The first-order valence-electron chi connectivity index (χ1n) is 9.74. The molecule has 2 aliphatic heterocycles. The lowest BCUT2D eigenvalue weighted by atomic mass is 9.75. The van der Waals surface area contributed by atoms with Crippen LogP contribution >= 0.6 is 0 Å². The molecule has 0 radical (unpaired) electrons. The van der Waals surface area contributed by atoms with E-state index in [9.17, 15) is 14.6 Å². The summed E-state index contributed by atoms with van der Waals surface area (Å²) in [4.78, 5) is 25.6. The quantitative estimate of drug-likeness (QED) is 0.470. The fraction of sp³-hybridized carbons (Fsp3) is 0.600. The fourth-order valence-corrected chi connectivity index (χ4v) is 3.69. The highest BCUT2D eigenvalue weighted by atomic mass is 16.6. The molecule has 0 spiro atoms. The molecule has 2 N–H and O–H groups in total. The third kappa shape index (κ3) is 4.48. The van der Waals surface area contributed by atoms with Crippen LogP contribution in [0.3, 0.4) is 0 Å². The highest BCUT2D eigenvalue weighted by Gasteiger charge is 2.41. The number of hydrogen-bond acceptors (Lipinski definition) is 7. The summed E-state index contributed by atoms with van der Waals surface area (Å²) in [6.45, 7) is 7.34. The molecule has 0 saturated carbocycles. The molecule has 1 fully saturated rings. The molecule has 0 unspecified atom stereocenters. The van der Waals surface area contributed by atoms with Crippen molar-refractivity contribution in [1.29, 1.82) is 0 Å². The van der Waals surface area contributed by atoms with Gasteiger partial charge in [0.25, 0.3) is 5.91 Å². The van der Waals surface area contributed by atoms with Crippen LogP contribution in [0.25, 0.3) is 0 Å². The van der Waals surface area contributed by atoms with Crippen LogP contribution in [-0.2, 0) is 30.3 Å². The molecule has 158 valence electrons. The van der Waals surface area contributed by atoms with E-state index in [1.54, 1.807) is 26.2 Å². The number of carbonyl (C=O) groups is 2. The second-order valence-electron chi connectivity index (χ2n) is 8.20. The van der Waals surface area contributed by atoms with Crippen molar-refractivity contribution in [2.75, 3.05) is 33.5 Å². The summed E-state index contributed by atoms with van der Waals surface area (Å²) < 4.78 is 21.2. The Morgan fingerprint density at radius 2 is 2.03 bits per heavy atom. The molecule has 8 nitrogen and oxygen atoms in total. The van der Waals surface area contributed by atoms with Crippen LogP contribution in [0.4, 0.5) is 0 Å². The average molecular weight is 405 g/mol. The molecule has 9 heteroatoms. The van der Waals surface area contributed by atoms with Gasteiger partial charge in [-0.15, -0.1) is 0 Å². The van der Waals surface area contributed by atoms with E-state index in [1.807, 2.05) is 13.8 Å². The number of amides is 1. The Balaban J connectivity index is 1.68. The van der Waals surface area contributed by atoms with Gasteiger partial charge in [0.15, 0.2) is 0 Å². The second-order valence-corrected chi connectivity index (χ2v) is 8.20. The van der Waals surface area contributed by atoms with Gasteiger partial charge >= 0.3 is 13.1 Å². The zero-order chi connectivity index (χ0) is 21.2. The van der Waals surface area contributed by atoms with Gasteiger partial charge < -0.3 is 29.2 Å². The molecule has 1 aromatic rings. The summed E-state index contributed by atoms with van der Waals surface area (Å²) in [5.41, 5.74) is 2.20. The summed E-state index contributed by atoms with van der Waals surface area (Å²) in [5.74, 6) is -1.04. The van der Waals surface area contributed by atoms with Gasteiger partial charge in [-0.3, -0.25) is 4.79 Å². The molecule has 0 bridgehead atoms. The topological polar surface area (TPSA) is 103 Å². The molecule has 3 rings (SSSR count). The molecule has 2 heterocycles. The minimum Gasteiger partial charge on any atom is -0.463 e. The molecular weight excluding hydrogens is 377 g/mol. The molecule has 1 amide bonds. The third-order valence-corrected chi connectivity index (χ3v) is 5.49. The van der Waals surface area contributed by atoms with Crippen LogP contribution < -0.4 is 10.8 Å². The highest BCUT2D eigenvalue weighted by molar-refractivity contribution is 6.62. The van der Waals surface area contributed by atoms with Crippen molar-refractivity contribution in [1.82, 2.24) is 5.32 Å². The zero-order valence-electron chi connectivity index (χ0n) is 17.3. The number of nitrogens with one attached hydrogen (secondary N) is 1. The van der Waals surface area contributed by atoms with E-state index in [0.717, 1.165) is 5.56 Å². The monoisotopic (exact) mass is 405 g/mol. The average Bonchev–Trinajstić information content (AvgIpc) is 3.03. The number of hydrogen-bond donors (Lipinski definition) is 2. The van der Waals surface area contributed by atoms with Gasteiger partial charge in [0.05, 0.1) is 31.8 Å². The minimum absolute atomic E-state index is 0.161. The standard InChI is InChI=1S/C20H28BNO7/c1-12(2)17(19(24)28-11-20(8-26-4)9-27-10-20)22-18(23)15-6-5-14-7-29-21(25)16(14)13(15)3/h5-6,12,17,25H,7-11H2,1-4H3,(H,22,23)/t17-/m0/s1. The van der Waals surface area contributed by atoms with Crippen LogP contribution in [0, 0.1) is 18.3 Å². The molecular formula is C20H28BNO7. The van der Waals surface area contributed by atoms with Crippen molar-refractivity contribution >= 4 is 24.5 Å². The van der Waals surface area contributed by atoms with Gasteiger partial charge in [-0.1, -0.05) is 19.9 Å². The van der Waals surface area contributed by atoms with E-state index < -0.39 is 25.0 Å². The van der Waals surface area contributed by atoms with E-state index >= 15 is 0 Å². The Morgan fingerprint density at radius 3 is 2.62 bits per heavy atom. The Hall–Kier alpha value is -1.94. The summed E-state index contributed by atoms with van der Waals surface area (Å²) in [6, 6.07) is 2.66. The van der Waals surface area contributed by atoms with Crippen molar-refractivity contribution in [2.45, 2.75) is 33.4 Å². The summed E-state index contributed by atoms with van der Waals surface area (Å²) in [6.07, 6.45) is 0.